The number of amides is 6. The number of carboxylic acids is 1. The van der Waals surface area contributed by atoms with Crippen molar-refractivity contribution in [3.05, 3.63) is 85.4 Å². The number of aliphatic hydroxyl groups is 4. The van der Waals surface area contributed by atoms with Crippen molar-refractivity contribution in [1.29, 1.82) is 0 Å². The summed E-state index contributed by atoms with van der Waals surface area (Å²) in [5, 5.41) is 67.0. The Hall–Kier alpha value is -8.15. The van der Waals surface area contributed by atoms with E-state index in [0.29, 0.717) is 34.1 Å². The highest BCUT2D eigenvalue weighted by Crippen LogP contribution is 2.46. The van der Waals surface area contributed by atoms with Gasteiger partial charge < -0.3 is 86.7 Å². The van der Waals surface area contributed by atoms with E-state index in [-0.39, 0.29) is 77.6 Å². The maximum Gasteiger partial charge on any atom is 0.407 e. The van der Waals surface area contributed by atoms with Crippen molar-refractivity contribution in [2.24, 2.45) is 5.73 Å². The number of benzene rings is 2. The number of aliphatic hydroxyl groups excluding tert-OH is 3. The lowest BCUT2D eigenvalue weighted by atomic mass is 9.81. The number of cyclic esters (lactones) is 1. The molecule has 0 saturated carbocycles. The minimum Gasteiger partial charge on any atom is -0.479 e. The van der Waals surface area contributed by atoms with Gasteiger partial charge in [0.2, 0.25) is 35.8 Å². The number of anilines is 1. The molecule has 1 saturated heterocycles. The third kappa shape index (κ3) is 10.7. The van der Waals surface area contributed by atoms with Gasteiger partial charge in [-0.1, -0.05) is 13.0 Å². The fourth-order valence-electron chi connectivity index (χ4n) is 9.34. The second-order valence-corrected chi connectivity index (χ2v) is 18.2. The molecular weight excluding hydrogens is 1010 g/mol. The molecule has 0 radical (unpaired) electrons. The fourth-order valence-corrected chi connectivity index (χ4v) is 9.34. The third-order valence-corrected chi connectivity index (χ3v) is 13.4. The van der Waals surface area contributed by atoms with E-state index in [1.54, 1.807) is 13.8 Å². The molecule has 5 heterocycles. The van der Waals surface area contributed by atoms with Gasteiger partial charge in [-0.15, -0.1) is 0 Å². The topological polar surface area (TPSA) is 408 Å². The highest BCUT2D eigenvalue weighted by molar-refractivity contribution is 5.97. The normalized spacial score (nSPS) is 21.9. The molecule has 7 atom stereocenters. The molecule has 1 fully saturated rings. The summed E-state index contributed by atoms with van der Waals surface area (Å²) < 4.78 is 38.7. The molecule has 76 heavy (non-hydrogen) atoms. The quantitative estimate of drug-likeness (QED) is 0.0415. The number of nitrogens with zero attached hydrogens (tertiary/aromatic N) is 2. The van der Waals surface area contributed by atoms with Crippen molar-refractivity contribution in [1.82, 2.24) is 36.1 Å². The van der Waals surface area contributed by atoms with Gasteiger partial charge in [0.15, 0.2) is 11.7 Å². The number of ether oxygens (including phenoxy) is 4. The number of carbonyl (C=O) groups is 8. The monoisotopic (exact) mass is 1060 g/mol. The average Bonchev–Trinajstić information content (AvgIpc) is 3.84. The number of fused-ring (bicyclic) bond motifs is 5. The maximum absolute atomic E-state index is 15.5. The number of aliphatic carboxylic acids is 1. The highest BCUT2D eigenvalue weighted by atomic mass is 19.1. The molecule has 0 unspecified atom stereocenters. The summed E-state index contributed by atoms with van der Waals surface area (Å²) in [6.07, 6.45) is -10.6. The van der Waals surface area contributed by atoms with Crippen LogP contribution in [0.2, 0.25) is 0 Å². The largest absolute Gasteiger partial charge is 0.479 e. The van der Waals surface area contributed by atoms with Gasteiger partial charge in [-0.2, -0.15) is 0 Å². The first-order chi connectivity index (χ1) is 36.1. The summed E-state index contributed by atoms with van der Waals surface area (Å²) >= 11 is 0. The molecule has 28 heteroatoms. The van der Waals surface area contributed by atoms with Crippen LogP contribution in [-0.4, -0.2) is 146 Å². The van der Waals surface area contributed by atoms with E-state index >= 15 is 4.39 Å². The molecule has 3 aliphatic heterocycles. The van der Waals surface area contributed by atoms with Gasteiger partial charge in [0.05, 0.1) is 73.5 Å². The molecule has 4 aliphatic rings. The standard InChI is InChI=1S/C48H52FN9O18/c1-3-48(72)24-9-29-38-22(16-58(29)43(67)23(24)18-73-46(48)70)37-26(6-5-21-19(2)25(49)10-28(56-38)36(21)37)57-47(71)74-17-20-4-7-30(75-45-41(66)39(64)40(65)42(76-45)44(68)69)27(8-20)55-35(63)15-54-34(62)14-53-33(61)13-52-32(60)12-51-31(59)11-50/h4,7-10,26,39-42,45,64-66,72H,3,5-6,11-18,50H2,1-2H3,(H,51,59)(H,52,60)(H,53,61)(H,54,62)(H,55,63)(H,57,71)(H,68,69)/t26-,39-,40-,41+,42-,45+,48-/m0/s1. The number of nitrogens with two attached hydrogens (primary N) is 1. The van der Waals surface area contributed by atoms with Crippen molar-refractivity contribution >= 4 is 64.2 Å². The van der Waals surface area contributed by atoms with Crippen molar-refractivity contribution in [3.8, 4) is 17.1 Å². The number of alkyl carbamates (subject to hydrolysis) is 1. The van der Waals surface area contributed by atoms with E-state index in [4.69, 9.17) is 29.7 Å². The second kappa shape index (κ2) is 22.0. The lowest BCUT2D eigenvalue weighted by Crippen LogP contribution is -2.61. The molecule has 1 aliphatic carbocycles. The van der Waals surface area contributed by atoms with E-state index in [9.17, 15) is 68.7 Å². The van der Waals surface area contributed by atoms with Crippen molar-refractivity contribution in [2.75, 3.05) is 38.0 Å². The molecule has 13 N–H and O–H groups in total. The average molecular weight is 1060 g/mol. The van der Waals surface area contributed by atoms with Crippen LogP contribution in [0.15, 0.2) is 35.1 Å². The Bertz CT molecular complexity index is 3150. The number of hydrogen-bond acceptors (Lipinski definition) is 19. The predicted molar refractivity (Wildman–Crippen MR) is 255 cm³/mol. The van der Waals surface area contributed by atoms with Crippen LogP contribution < -0.4 is 47.9 Å². The van der Waals surface area contributed by atoms with Gasteiger partial charge in [0.25, 0.3) is 5.56 Å². The molecule has 8 rings (SSSR count). The zero-order valence-electron chi connectivity index (χ0n) is 40.5. The summed E-state index contributed by atoms with van der Waals surface area (Å²) in [4.78, 5) is 118. The molecule has 0 bridgehead atoms. The van der Waals surface area contributed by atoms with Crippen LogP contribution in [0.25, 0.3) is 22.3 Å². The van der Waals surface area contributed by atoms with Crippen LogP contribution in [0.5, 0.6) is 5.75 Å². The van der Waals surface area contributed by atoms with Crippen LogP contribution in [0.1, 0.15) is 64.8 Å². The summed E-state index contributed by atoms with van der Waals surface area (Å²) in [6, 6.07) is 5.82. The molecule has 0 spiro atoms. The molecule has 2 aromatic heterocycles. The third-order valence-electron chi connectivity index (χ3n) is 13.4. The minimum absolute atomic E-state index is 0.0273. The number of carbonyl (C=O) groups excluding carboxylic acids is 7. The van der Waals surface area contributed by atoms with Crippen molar-refractivity contribution in [2.45, 2.75) is 95.2 Å². The Labute approximate surface area is 428 Å². The Morgan fingerprint density at radius 2 is 1.54 bits per heavy atom. The summed E-state index contributed by atoms with van der Waals surface area (Å²) in [7, 11) is 0. The Morgan fingerprint density at radius 1 is 0.882 bits per heavy atom. The van der Waals surface area contributed by atoms with Gasteiger partial charge in [0.1, 0.15) is 43.1 Å². The minimum atomic E-state index is -2.11. The number of esters is 1. The first-order valence-corrected chi connectivity index (χ1v) is 23.7. The van der Waals surface area contributed by atoms with Crippen LogP contribution in [-0.2, 0) is 79.6 Å². The molecular formula is C48H52FN9O18. The summed E-state index contributed by atoms with van der Waals surface area (Å²) in [5.41, 5.74) is 5.55. The number of halogens is 1. The van der Waals surface area contributed by atoms with Crippen LogP contribution in [0, 0.1) is 12.7 Å². The summed E-state index contributed by atoms with van der Waals surface area (Å²) in [6.45, 7) is -0.383. The van der Waals surface area contributed by atoms with Crippen LogP contribution in [0.3, 0.4) is 0 Å². The Morgan fingerprint density at radius 3 is 2.18 bits per heavy atom. The lowest BCUT2D eigenvalue weighted by molar-refractivity contribution is -0.271. The first-order valence-electron chi connectivity index (χ1n) is 23.7. The fraction of sp³-hybridized carbons (Fsp3) is 0.417. The Kier molecular flexibility index (Phi) is 15.6. The Balaban J connectivity index is 0.988. The zero-order valence-corrected chi connectivity index (χ0v) is 40.5. The van der Waals surface area contributed by atoms with Crippen LogP contribution >= 0.6 is 0 Å². The second-order valence-electron chi connectivity index (χ2n) is 18.2. The molecule has 27 nitrogen and oxygen atoms in total. The SMILES string of the molecule is CC[C@@]1(O)C(=O)OCc2c1cc1n(c2=O)Cc2c-1nc1cc(F)c(C)c3c1c2[C@@H](NC(=O)OCc1ccc(O[C@@H]2O[C@H](C(=O)O)[C@@H](O)[C@H](O)[C@H]2O)c(NC(=O)CNC(=O)CNC(=O)CNC(=O)CNC(=O)CN)c1)CC3. The molecule has 2 aromatic carbocycles. The lowest BCUT2D eigenvalue weighted by Gasteiger charge is -2.38. The van der Waals surface area contributed by atoms with Gasteiger partial charge >= 0.3 is 18.0 Å². The zero-order chi connectivity index (χ0) is 54.9. The van der Waals surface area contributed by atoms with E-state index in [1.165, 1.54) is 34.9 Å². The highest BCUT2D eigenvalue weighted by Gasteiger charge is 2.49. The number of aromatic nitrogens is 2. The van der Waals surface area contributed by atoms with Crippen LogP contribution in [0.4, 0.5) is 14.9 Å². The number of rotatable bonds is 17. The molecule has 6 amide bonds. The smallest absolute Gasteiger partial charge is 0.407 e. The maximum atomic E-state index is 15.5. The number of nitrogens with one attached hydrogen (secondary N) is 6. The first kappa shape index (κ1) is 54.1. The van der Waals surface area contributed by atoms with E-state index in [0.717, 1.165) is 0 Å². The van der Waals surface area contributed by atoms with Gasteiger partial charge in [-0.3, -0.25) is 28.8 Å². The number of pyridine rings is 2. The van der Waals surface area contributed by atoms with Gasteiger partial charge in [-0.25, -0.2) is 23.8 Å². The van der Waals surface area contributed by atoms with E-state index < -0.39 is 134 Å². The van der Waals surface area contributed by atoms with Crippen molar-refractivity contribution in [3.63, 3.8) is 0 Å². The van der Waals surface area contributed by atoms with Gasteiger partial charge in [0, 0.05) is 22.6 Å². The van der Waals surface area contributed by atoms with Gasteiger partial charge in [-0.05, 0) is 66.6 Å². The van der Waals surface area contributed by atoms with Crippen molar-refractivity contribution < 1.29 is 87.2 Å². The molecule has 4 aromatic rings. The van der Waals surface area contributed by atoms with E-state index in [2.05, 4.69) is 31.9 Å². The number of aryl methyl sites for hydroxylation is 1. The molecule has 404 valence electrons. The predicted octanol–water partition coefficient (Wildman–Crippen LogP) is -2.93. The number of carboxylic acid groups (broad SMARTS) is 1. The van der Waals surface area contributed by atoms with E-state index in [1.807, 2.05) is 0 Å². The number of hydrogen-bond donors (Lipinski definition) is 12. The summed E-state index contributed by atoms with van der Waals surface area (Å²) in [5.74, 6) is -7.29.